The summed E-state index contributed by atoms with van der Waals surface area (Å²) in [4.78, 5) is 26.4. The highest BCUT2D eigenvalue weighted by Crippen LogP contribution is 2.33. The van der Waals surface area contributed by atoms with Crippen molar-refractivity contribution in [1.29, 1.82) is 0 Å². The molecular formula is C20H23N3O3. The number of hydrogen-bond acceptors (Lipinski definition) is 3. The molecule has 1 aromatic heterocycles. The predicted molar refractivity (Wildman–Crippen MR) is 96.5 cm³/mol. The van der Waals surface area contributed by atoms with Crippen LogP contribution in [0.15, 0.2) is 30.3 Å². The van der Waals surface area contributed by atoms with Crippen molar-refractivity contribution in [3.05, 3.63) is 47.3 Å². The third-order valence-corrected chi connectivity index (χ3v) is 5.63. The molecule has 136 valence electrons. The summed E-state index contributed by atoms with van der Waals surface area (Å²) in [6.07, 6.45) is 4.09. The van der Waals surface area contributed by atoms with Gasteiger partial charge in [-0.15, -0.1) is 0 Å². The number of carboxylic acids is 1. The maximum Gasteiger partial charge on any atom is 0.311 e. The second-order valence-electron chi connectivity index (χ2n) is 7.57. The summed E-state index contributed by atoms with van der Waals surface area (Å²) in [7, 11) is 0. The number of carboxylic acid groups (broad SMARTS) is 1. The molecule has 1 saturated heterocycles. The minimum absolute atomic E-state index is 0.134. The summed E-state index contributed by atoms with van der Waals surface area (Å²) >= 11 is 0. The van der Waals surface area contributed by atoms with Gasteiger partial charge in [0.1, 0.15) is 0 Å². The van der Waals surface area contributed by atoms with E-state index in [9.17, 15) is 14.7 Å². The van der Waals surface area contributed by atoms with E-state index < -0.39 is 11.4 Å². The molecule has 2 aromatic rings. The lowest BCUT2D eigenvalue weighted by Gasteiger charge is -2.37. The first-order chi connectivity index (χ1) is 12.5. The van der Waals surface area contributed by atoms with Crippen LogP contribution in [0.3, 0.4) is 0 Å². The molecule has 1 aliphatic heterocycles. The Bertz CT molecular complexity index is 859. The van der Waals surface area contributed by atoms with Crippen LogP contribution in [0.4, 0.5) is 0 Å². The standard InChI is InChI=1S/C20H23N3O3/c1-20(19(25)26)11-6-12-22(13-20)18(24)17-15-9-5-10-16(15)23(21-17)14-7-3-2-4-8-14/h2-4,7-8H,5-6,9-13H2,1H3,(H,25,26). The number of rotatable bonds is 3. The molecule has 2 heterocycles. The zero-order valence-electron chi connectivity index (χ0n) is 14.9. The Kier molecular flexibility index (Phi) is 4.05. The Morgan fingerprint density at radius 3 is 2.65 bits per heavy atom. The zero-order chi connectivity index (χ0) is 18.3. The fourth-order valence-electron chi connectivity index (χ4n) is 4.13. The molecule has 0 spiro atoms. The van der Waals surface area contributed by atoms with Crippen molar-refractivity contribution in [3.63, 3.8) is 0 Å². The zero-order valence-corrected chi connectivity index (χ0v) is 14.9. The molecule has 6 nitrogen and oxygen atoms in total. The topological polar surface area (TPSA) is 75.4 Å². The average Bonchev–Trinajstić information content (AvgIpc) is 3.24. The van der Waals surface area contributed by atoms with Gasteiger partial charge in [0, 0.05) is 24.3 Å². The van der Waals surface area contributed by atoms with Crippen LogP contribution in [0.5, 0.6) is 0 Å². The number of para-hydroxylation sites is 1. The van der Waals surface area contributed by atoms with Gasteiger partial charge >= 0.3 is 5.97 Å². The summed E-state index contributed by atoms with van der Waals surface area (Å²) in [6, 6.07) is 9.86. The van der Waals surface area contributed by atoms with Gasteiger partial charge in [0.15, 0.2) is 5.69 Å². The van der Waals surface area contributed by atoms with Gasteiger partial charge in [-0.1, -0.05) is 18.2 Å². The molecule has 1 aromatic carbocycles. The van der Waals surface area contributed by atoms with Gasteiger partial charge in [0.2, 0.25) is 0 Å². The monoisotopic (exact) mass is 353 g/mol. The van der Waals surface area contributed by atoms with E-state index in [4.69, 9.17) is 0 Å². The van der Waals surface area contributed by atoms with Gasteiger partial charge in [0.05, 0.1) is 11.1 Å². The van der Waals surface area contributed by atoms with Gasteiger partial charge in [-0.3, -0.25) is 9.59 Å². The van der Waals surface area contributed by atoms with Crippen LogP contribution in [0.25, 0.3) is 5.69 Å². The number of nitrogens with zero attached hydrogens (tertiary/aromatic N) is 3. The second-order valence-corrected chi connectivity index (χ2v) is 7.57. The van der Waals surface area contributed by atoms with E-state index in [1.807, 2.05) is 35.0 Å². The lowest BCUT2D eigenvalue weighted by Crippen LogP contribution is -2.48. The molecule has 1 unspecified atom stereocenters. The Hall–Kier alpha value is -2.63. The first-order valence-corrected chi connectivity index (χ1v) is 9.18. The Morgan fingerprint density at radius 1 is 1.15 bits per heavy atom. The number of aromatic nitrogens is 2. The van der Waals surface area contributed by atoms with Crippen molar-refractivity contribution in [3.8, 4) is 5.69 Å². The maximum atomic E-state index is 13.2. The Balaban J connectivity index is 1.68. The van der Waals surface area contributed by atoms with Gasteiger partial charge in [-0.2, -0.15) is 5.10 Å². The largest absolute Gasteiger partial charge is 0.481 e. The number of piperidine rings is 1. The summed E-state index contributed by atoms with van der Waals surface area (Å²) in [5.74, 6) is -0.972. The van der Waals surface area contributed by atoms with E-state index >= 15 is 0 Å². The lowest BCUT2D eigenvalue weighted by atomic mass is 9.82. The molecule has 0 radical (unpaired) electrons. The minimum atomic E-state index is -0.876. The van der Waals surface area contributed by atoms with Crippen LogP contribution in [0, 0.1) is 5.41 Å². The molecule has 1 atom stereocenters. The maximum absolute atomic E-state index is 13.2. The molecular weight excluding hydrogens is 330 g/mol. The van der Waals surface area contributed by atoms with E-state index in [1.165, 1.54) is 0 Å². The molecule has 1 amide bonds. The highest BCUT2D eigenvalue weighted by atomic mass is 16.4. The van der Waals surface area contributed by atoms with E-state index in [-0.39, 0.29) is 12.5 Å². The first kappa shape index (κ1) is 16.8. The summed E-state index contributed by atoms with van der Waals surface area (Å²) in [6.45, 7) is 2.56. The van der Waals surface area contributed by atoms with Crippen molar-refractivity contribution < 1.29 is 14.7 Å². The smallest absolute Gasteiger partial charge is 0.311 e. The second kappa shape index (κ2) is 6.27. The van der Waals surface area contributed by atoms with Crippen LogP contribution in [0.1, 0.15) is 47.9 Å². The third-order valence-electron chi connectivity index (χ3n) is 5.63. The molecule has 1 fully saturated rings. The van der Waals surface area contributed by atoms with Crippen molar-refractivity contribution in [1.82, 2.24) is 14.7 Å². The number of fused-ring (bicyclic) bond motifs is 1. The fraction of sp³-hybridized carbons (Fsp3) is 0.450. The quantitative estimate of drug-likeness (QED) is 0.920. The molecule has 1 N–H and O–H groups in total. The average molecular weight is 353 g/mol. The first-order valence-electron chi connectivity index (χ1n) is 9.18. The number of carbonyl (C=O) groups excluding carboxylic acids is 1. The minimum Gasteiger partial charge on any atom is -0.481 e. The van der Waals surface area contributed by atoms with Crippen LogP contribution in [0.2, 0.25) is 0 Å². The van der Waals surface area contributed by atoms with Crippen molar-refractivity contribution in [2.24, 2.45) is 5.41 Å². The van der Waals surface area contributed by atoms with Gasteiger partial charge in [0.25, 0.3) is 5.91 Å². The number of benzene rings is 1. The summed E-state index contributed by atoms with van der Waals surface area (Å²) in [5.41, 5.74) is 2.72. The molecule has 4 rings (SSSR count). The number of likely N-dealkylation sites (tertiary alicyclic amines) is 1. The van der Waals surface area contributed by atoms with E-state index in [0.717, 1.165) is 36.2 Å². The highest BCUT2D eigenvalue weighted by Gasteiger charge is 2.41. The van der Waals surface area contributed by atoms with E-state index in [0.29, 0.717) is 25.1 Å². The molecule has 2 aliphatic rings. The van der Waals surface area contributed by atoms with Crippen LogP contribution >= 0.6 is 0 Å². The number of hydrogen-bond donors (Lipinski definition) is 1. The summed E-state index contributed by atoms with van der Waals surface area (Å²) in [5, 5.41) is 14.2. The third kappa shape index (κ3) is 2.69. The number of amides is 1. The normalized spacial score (nSPS) is 22.3. The van der Waals surface area contributed by atoms with Gasteiger partial charge < -0.3 is 10.0 Å². The Morgan fingerprint density at radius 2 is 1.92 bits per heavy atom. The molecule has 26 heavy (non-hydrogen) atoms. The summed E-state index contributed by atoms with van der Waals surface area (Å²) < 4.78 is 1.88. The van der Waals surface area contributed by atoms with Crippen molar-refractivity contribution in [2.45, 2.75) is 39.0 Å². The van der Waals surface area contributed by atoms with E-state index in [1.54, 1.807) is 11.8 Å². The molecule has 1 aliphatic carbocycles. The highest BCUT2D eigenvalue weighted by molar-refractivity contribution is 5.95. The molecule has 6 heteroatoms. The number of aliphatic carboxylic acids is 1. The van der Waals surface area contributed by atoms with Crippen LogP contribution < -0.4 is 0 Å². The number of carbonyl (C=O) groups is 2. The fourth-order valence-corrected chi connectivity index (χ4v) is 4.13. The van der Waals surface area contributed by atoms with Crippen LogP contribution in [-0.4, -0.2) is 44.8 Å². The van der Waals surface area contributed by atoms with Crippen molar-refractivity contribution >= 4 is 11.9 Å². The van der Waals surface area contributed by atoms with E-state index in [2.05, 4.69) is 5.10 Å². The lowest BCUT2D eigenvalue weighted by molar-refractivity contribution is -0.150. The SMILES string of the molecule is CC1(C(=O)O)CCCN(C(=O)c2nn(-c3ccccc3)c3c2CCC3)C1. The van der Waals surface area contributed by atoms with Crippen molar-refractivity contribution in [2.75, 3.05) is 13.1 Å². The van der Waals surface area contributed by atoms with Gasteiger partial charge in [-0.25, -0.2) is 4.68 Å². The van der Waals surface area contributed by atoms with Gasteiger partial charge in [-0.05, 0) is 51.2 Å². The molecule has 0 saturated carbocycles. The van der Waals surface area contributed by atoms with Crippen LogP contribution in [-0.2, 0) is 17.6 Å². The Labute approximate surface area is 152 Å². The molecule has 0 bridgehead atoms. The predicted octanol–water partition coefficient (Wildman–Crippen LogP) is 2.69.